The molecule has 0 saturated heterocycles. The zero-order chi connectivity index (χ0) is 16.2. The molecular weight excluding hydrogens is 309 g/mol. The minimum atomic E-state index is -4.52. The van der Waals surface area contributed by atoms with Crippen LogP contribution in [0.4, 0.5) is 13.2 Å². The van der Waals surface area contributed by atoms with Gasteiger partial charge in [0.1, 0.15) is 0 Å². The highest BCUT2D eigenvalue weighted by molar-refractivity contribution is 7.12. The van der Waals surface area contributed by atoms with Gasteiger partial charge >= 0.3 is 6.18 Å². The van der Waals surface area contributed by atoms with Crippen molar-refractivity contribution in [3.05, 3.63) is 22.2 Å². The Hall–Kier alpha value is -1.20. The van der Waals surface area contributed by atoms with E-state index in [0.29, 0.717) is 5.01 Å². The van der Waals surface area contributed by atoms with Crippen LogP contribution in [0.25, 0.3) is 5.70 Å². The Balaban J connectivity index is 2.76. The molecule has 3 N–H and O–H groups in total. The van der Waals surface area contributed by atoms with Crippen molar-refractivity contribution in [2.45, 2.75) is 26.1 Å². The van der Waals surface area contributed by atoms with E-state index in [2.05, 4.69) is 26.8 Å². The van der Waals surface area contributed by atoms with Gasteiger partial charge in [-0.3, -0.25) is 0 Å². The Labute approximate surface area is 124 Å². The first-order valence-electron chi connectivity index (χ1n) is 5.88. The van der Waals surface area contributed by atoms with Crippen LogP contribution in [-0.2, 0) is 16.1 Å². The number of thiazole rings is 1. The van der Waals surface area contributed by atoms with Gasteiger partial charge in [0.2, 0.25) is 0 Å². The van der Waals surface area contributed by atoms with E-state index in [-0.39, 0.29) is 23.2 Å². The maximum absolute atomic E-state index is 12.9. The van der Waals surface area contributed by atoms with E-state index in [9.17, 15) is 13.2 Å². The number of aromatic nitrogens is 1. The summed E-state index contributed by atoms with van der Waals surface area (Å²) < 4.78 is 38.6. The number of hydrogen-bond acceptors (Lipinski definition) is 7. The molecular formula is C11H17F3N4O2S. The first-order chi connectivity index (χ1) is 9.65. The molecule has 0 spiro atoms. The molecule has 1 atom stereocenters. The third-order valence-corrected chi connectivity index (χ3v) is 3.35. The first kappa shape index (κ1) is 17.9. The van der Waals surface area contributed by atoms with Gasteiger partial charge < -0.3 is 5.32 Å². The average molecular weight is 326 g/mol. The van der Waals surface area contributed by atoms with Crippen LogP contribution in [0, 0.1) is 6.92 Å². The number of rotatable bonds is 7. The predicted octanol–water partition coefficient (Wildman–Crippen LogP) is 2.09. The molecule has 0 saturated carbocycles. The molecule has 0 amide bonds. The molecule has 10 heteroatoms. The van der Waals surface area contributed by atoms with Crippen LogP contribution < -0.4 is 11.2 Å². The van der Waals surface area contributed by atoms with Crippen molar-refractivity contribution in [3.63, 3.8) is 0 Å². The largest absolute Gasteiger partial charge is 0.434 e. The summed E-state index contributed by atoms with van der Waals surface area (Å²) in [4.78, 5) is 12.4. The molecule has 1 rings (SSSR count). The molecule has 0 aliphatic heterocycles. The minimum Gasteiger partial charge on any atom is -0.380 e. The Bertz CT molecular complexity index is 492. The van der Waals surface area contributed by atoms with Crippen molar-refractivity contribution >= 4 is 17.0 Å². The molecule has 0 aliphatic rings. The molecule has 1 aromatic heterocycles. The molecule has 120 valence electrons. The van der Waals surface area contributed by atoms with Gasteiger partial charge in [0.25, 0.3) is 0 Å². The van der Waals surface area contributed by atoms with Crippen molar-refractivity contribution in [3.8, 4) is 0 Å². The zero-order valence-electron chi connectivity index (χ0n) is 11.8. The maximum Gasteiger partial charge on any atom is 0.434 e. The number of alkyl halides is 3. The van der Waals surface area contributed by atoms with Gasteiger partial charge in [-0.1, -0.05) is 11.8 Å². The standard InChI is InChI=1S/C11H17F3N4O2S/c1-6(5-18(15)20-19-4)16-7(2)9-10(11(12,13)14)17-8(3)21-9/h6,16H,2,5,15H2,1,3-4H3/t6-/m1/s1. The number of hydrazine groups is 1. The van der Waals surface area contributed by atoms with Gasteiger partial charge in [-0.05, 0) is 13.8 Å². The van der Waals surface area contributed by atoms with Crippen molar-refractivity contribution in [1.82, 2.24) is 15.5 Å². The first-order valence-corrected chi connectivity index (χ1v) is 6.70. The summed E-state index contributed by atoms with van der Waals surface area (Å²) >= 11 is 0.927. The average Bonchev–Trinajstić information content (AvgIpc) is 2.71. The summed E-state index contributed by atoms with van der Waals surface area (Å²) in [6.45, 7) is 7.03. The SMILES string of the molecule is C=C(N[C@H](C)CN(N)OOC)c1sc(C)nc1C(F)(F)F. The molecule has 0 aliphatic carbocycles. The van der Waals surface area contributed by atoms with Gasteiger partial charge in [0.05, 0.1) is 23.5 Å². The molecule has 21 heavy (non-hydrogen) atoms. The molecule has 6 nitrogen and oxygen atoms in total. The zero-order valence-corrected chi connectivity index (χ0v) is 12.6. The lowest BCUT2D eigenvalue weighted by atomic mass is 10.2. The number of halogens is 3. The topological polar surface area (TPSA) is 72.6 Å². The highest BCUT2D eigenvalue weighted by Crippen LogP contribution is 2.36. The van der Waals surface area contributed by atoms with Crippen LogP contribution >= 0.6 is 11.3 Å². The van der Waals surface area contributed by atoms with Crippen LogP contribution in [-0.4, -0.2) is 29.9 Å². The quantitative estimate of drug-likeness (QED) is 0.454. The predicted molar refractivity (Wildman–Crippen MR) is 72.5 cm³/mol. The third-order valence-electron chi connectivity index (χ3n) is 2.32. The lowest BCUT2D eigenvalue weighted by Gasteiger charge is -2.21. The van der Waals surface area contributed by atoms with E-state index in [4.69, 9.17) is 5.84 Å². The van der Waals surface area contributed by atoms with Crippen molar-refractivity contribution < 1.29 is 23.0 Å². The molecule has 0 aromatic carbocycles. The highest BCUT2D eigenvalue weighted by Gasteiger charge is 2.37. The second-order valence-electron chi connectivity index (χ2n) is 4.27. The maximum atomic E-state index is 12.9. The van der Waals surface area contributed by atoms with Crippen LogP contribution in [0.5, 0.6) is 0 Å². The van der Waals surface area contributed by atoms with Gasteiger partial charge in [-0.2, -0.15) is 13.2 Å². The fourth-order valence-electron chi connectivity index (χ4n) is 1.63. The van der Waals surface area contributed by atoms with Crippen molar-refractivity contribution in [1.29, 1.82) is 0 Å². The van der Waals surface area contributed by atoms with Crippen molar-refractivity contribution in [2.24, 2.45) is 5.84 Å². The van der Waals surface area contributed by atoms with Gasteiger partial charge in [-0.25, -0.2) is 15.7 Å². The Morgan fingerprint density at radius 3 is 2.71 bits per heavy atom. The third kappa shape index (κ3) is 5.25. The van der Waals surface area contributed by atoms with Crippen molar-refractivity contribution in [2.75, 3.05) is 13.7 Å². The number of nitrogens with zero attached hydrogens (tertiary/aromatic N) is 2. The Morgan fingerprint density at radius 2 is 2.19 bits per heavy atom. The molecule has 0 fully saturated rings. The summed E-state index contributed by atoms with van der Waals surface area (Å²) in [5.41, 5.74) is -0.807. The fraction of sp³-hybridized carbons (Fsp3) is 0.545. The molecule has 1 heterocycles. The number of hydrogen-bond donors (Lipinski definition) is 2. The monoisotopic (exact) mass is 326 g/mol. The second-order valence-corrected chi connectivity index (χ2v) is 5.48. The smallest absolute Gasteiger partial charge is 0.380 e. The summed E-state index contributed by atoms with van der Waals surface area (Å²) in [6.07, 6.45) is -4.52. The van der Waals surface area contributed by atoms with Gasteiger partial charge in [-0.15, -0.1) is 16.3 Å². The number of aryl methyl sites for hydroxylation is 1. The second kappa shape index (κ2) is 7.18. The van der Waals surface area contributed by atoms with E-state index in [1.165, 1.54) is 14.0 Å². The van der Waals surface area contributed by atoms with Crippen LogP contribution in [0.2, 0.25) is 0 Å². The molecule has 1 aromatic rings. The minimum absolute atomic E-state index is 0.0388. The van der Waals surface area contributed by atoms with Gasteiger partial charge in [0.15, 0.2) is 5.69 Å². The van der Waals surface area contributed by atoms with E-state index < -0.39 is 11.9 Å². The fourth-order valence-corrected chi connectivity index (χ4v) is 2.50. The van der Waals surface area contributed by atoms with Crippen LogP contribution in [0.15, 0.2) is 6.58 Å². The van der Waals surface area contributed by atoms with E-state index in [1.54, 1.807) is 6.92 Å². The molecule has 0 radical (unpaired) electrons. The number of hydroxylamine groups is 1. The van der Waals surface area contributed by atoms with Crippen LogP contribution in [0.1, 0.15) is 22.5 Å². The summed E-state index contributed by atoms with van der Waals surface area (Å²) in [5.74, 6) is 5.43. The van der Waals surface area contributed by atoms with E-state index >= 15 is 0 Å². The lowest BCUT2D eigenvalue weighted by Crippen LogP contribution is -2.42. The normalized spacial score (nSPS) is 13.5. The van der Waals surface area contributed by atoms with E-state index in [0.717, 1.165) is 16.5 Å². The summed E-state index contributed by atoms with van der Waals surface area (Å²) in [7, 11) is 1.28. The van der Waals surface area contributed by atoms with Crippen LogP contribution in [0.3, 0.4) is 0 Å². The van der Waals surface area contributed by atoms with Gasteiger partial charge in [0, 0.05) is 11.7 Å². The lowest BCUT2D eigenvalue weighted by molar-refractivity contribution is -0.416. The molecule has 0 bridgehead atoms. The number of nitrogens with one attached hydrogen (secondary N) is 1. The molecule has 0 unspecified atom stereocenters. The van der Waals surface area contributed by atoms with E-state index in [1.807, 2.05) is 0 Å². The summed E-state index contributed by atoms with van der Waals surface area (Å²) in [6, 6.07) is -0.318. The number of nitrogens with two attached hydrogens (primary N) is 1. The summed E-state index contributed by atoms with van der Waals surface area (Å²) in [5, 5.41) is 4.06. The Kier molecular flexibility index (Phi) is 6.10. The highest BCUT2D eigenvalue weighted by atomic mass is 32.1. The Morgan fingerprint density at radius 1 is 1.57 bits per heavy atom.